The summed E-state index contributed by atoms with van der Waals surface area (Å²) in [4.78, 5) is 34.3. The van der Waals surface area contributed by atoms with E-state index in [2.05, 4.69) is 10.1 Å². The van der Waals surface area contributed by atoms with Gasteiger partial charge in [0.2, 0.25) is 5.91 Å². The number of aliphatic carboxylic acids is 1. The van der Waals surface area contributed by atoms with Crippen LogP contribution in [0.4, 0.5) is 0 Å². The molecule has 1 saturated carbocycles. The summed E-state index contributed by atoms with van der Waals surface area (Å²) in [6.45, 7) is 0.412. The van der Waals surface area contributed by atoms with Crippen LogP contribution in [0.25, 0.3) is 0 Å². The van der Waals surface area contributed by atoms with Crippen LogP contribution in [0.2, 0.25) is 0 Å². The summed E-state index contributed by atoms with van der Waals surface area (Å²) in [7, 11) is 1.18. The number of methoxy groups -OCH3 is 1. The third-order valence-corrected chi connectivity index (χ3v) is 4.11. The number of rotatable bonds is 7. The maximum atomic E-state index is 12.1. The topological polar surface area (TPSA) is 119 Å². The molecule has 1 atom stereocenters. The molecule has 120 valence electrons. The van der Waals surface area contributed by atoms with E-state index in [9.17, 15) is 14.4 Å². The molecule has 0 spiro atoms. The van der Waals surface area contributed by atoms with Crippen LogP contribution in [-0.2, 0) is 19.1 Å². The van der Waals surface area contributed by atoms with Gasteiger partial charge in [-0.1, -0.05) is 19.3 Å². The van der Waals surface area contributed by atoms with E-state index >= 15 is 0 Å². The predicted octanol–water partition coefficient (Wildman–Crippen LogP) is 0.418. The smallest absolute Gasteiger partial charge is 0.326 e. The molecule has 0 aliphatic heterocycles. The van der Waals surface area contributed by atoms with Crippen LogP contribution in [-0.4, -0.2) is 42.6 Å². The number of nitrogens with two attached hydrogens (primary N) is 1. The molecule has 1 amide bonds. The number of hydrogen-bond acceptors (Lipinski definition) is 5. The molecule has 0 radical (unpaired) electrons. The van der Waals surface area contributed by atoms with Crippen molar-refractivity contribution >= 4 is 17.8 Å². The van der Waals surface area contributed by atoms with Crippen molar-refractivity contribution in [3.05, 3.63) is 0 Å². The van der Waals surface area contributed by atoms with Crippen molar-refractivity contribution in [2.75, 3.05) is 13.7 Å². The number of esters is 1. The number of carboxylic acid groups (broad SMARTS) is 1. The van der Waals surface area contributed by atoms with Crippen LogP contribution in [0.5, 0.6) is 0 Å². The minimum Gasteiger partial charge on any atom is -0.480 e. The van der Waals surface area contributed by atoms with Crippen LogP contribution < -0.4 is 11.1 Å². The SMILES string of the molecule is COC(=O)C[C@H](NC(=O)CC1(CN)CCCCC1)C(=O)O. The Bertz CT molecular complexity index is 391. The summed E-state index contributed by atoms with van der Waals surface area (Å²) in [5, 5.41) is 11.4. The van der Waals surface area contributed by atoms with E-state index in [-0.39, 0.29) is 24.2 Å². The van der Waals surface area contributed by atoms with Crippen molar-refractivity contribution in [3.63, 3.8) is 0 Å². The molecular formula is C14H24N2O5. The molecule has 1 rings (SSSR count). The van der Waals surface area contributed by atoms with Gasteiger partial charge in [0.25, 0.3) is 0 Å². The van der Waals surface area contributed by atoms with Crippen molar-refractivity contribution in [1.29, 1.82) is 0 Å². The third-order valence-electron chi connectivity index (χ3n) is 4.11. The van der Waals surface area contributed by atoms with Crippen molar-refractivity contribution in [2.45, 2.75) is 51.0 Å². The van der Waals surface area contributed by atoms with Gasteiger partial charge in [-0.3, -0.25) is 9.59 Å². The zero-order chi connectivity index (χ0) is 15.9. The Hall–Kier alpha value is -1.63. The van der Waals surface area contributed by atoms with Gasteiger partial charge in [-0.05, 0) is 24.8 Å². The molecule has 1 aliphatic rings. The van der Waals surface area contributed by atoms with Gasteiger partial charge >= 0.3 is 11.9 Å². The minimum absolute atomic E-state index is 0.203. The van der Waals surface area contributed by atoms with Crippen LogP contribution in [0, 0.1) is 5.41 Å². The molecule has 0 heterocycles. The van der Waals surface area contributed by atoms with E-state index in [4.69, 9.17) is 10.8 Å². The number of carbonyl (C=O) groups is 3. The number of carboxylic acids is 1. The maximum Gasteiger partial charge on any atom is 0.326 e. The molecule has 0 unspecified atom stereocenters. The lowest BCUT2D eigenvalue weighted by Gasteiger charge is -2.35. The molecule has 0 bridgehead atoms. The molecule has 0 aromatic heterocycles. The monoisotopic (exact) mass is 300 g/mol. The highest BCUT2D eigenvalue weighted by Gasteiger charge is 2.34. The average molecular weight is 300 g/mol. The Labute approximate surface area is 124 Å². The first-order chi connectivity index (χ1) is 9.92. The lowest BCUT2D eigenvalue weighted by atomic mass is 9.71. The second kappa shape index (κ2) is 7.97. The highest BCUT2D eigenvalue weighted by Crippen LogP contribution is 2.38. The van der Waals surface area contributed by atoms with Crippen LogP contribution in [0.15, 0.2) is 0 Å². The fourth-order valence-electron chi connectivity index (χ4n) is 2.79. The Morgan fingerprint density at radius 3 is 2.38 bits per heavy atom. The maximum absolute atomic E-state index is 12.1. The average Bonchev–Trinajstić information content (AvgIpc) is 2.47. The first-order valence-corrected chi connectivity index (χ1v) is 7.21. The molecule has 21 heavy (non-hydrogen) atoms. The van der Waals surface area contributed by atoms with E-state index in [0.717, 1.165) is 32.1 Å². The first-order valence-electron chi connectivity index (χ1n) is 7.21. The number of amides is 1. The van der Waals surface area contributed by atoms with E-state index in [1.165, 1.54) is 7.11 Å². The lowest BCUT2D eigenvalue weighted by Crippen LogP contribution is -2.45. The van der Waals surface area contributed by atoms with Gasteiger partial charge < -0.3 is 20.9 Å². The Balaban J connectivity index is 2.60. The molecule has 0 saturated heterocycles. The van der Waals surface area contributed by atoms with E-state index in [1.54, 1.807) is 0 Å². The van der Waals surface area contributed by atoms with Gasteiger partial charge in [0, 0.05) is 6.42 Å². The number of carbonyl (C=O) groups excluding carboxylic acids is 2. The summed E-state index contributed by atoms with van der Waals surface area (Å²) in [5.41, 5.74) is 5.57. The van der Waals surface area contributed by atoms with Gasteiger partial charge in [-0.15, -0.1) is 0 Å². The Morgan fingerprint density at radius 2 is 1.90 bits per heavy atom. The van der Waals surface area contributed by atoms with Gasteiger partial charge in [0.15, 0.2) is 0 Å². The van der Waals surface area contributed by atoms with Crippen molar-refractivity contribution in [3.8, 4) is 0 Å². The van der Waals surface area contributed by atoms with E-state index in [0.29, 0.717) is 6.54 Å². The summed E-state index contributed by atoms with van der Waals surface area (Å²) < 4.78 is 4.43. The minimum atomic E-state index is -1.26. The second-order valence-electron chi connectivity index (χ2n) is 5.68. The summed E-state index contributed by atoms with van der Waals surface area (Å²) in [5.74, 6) is -2.30. The van der Waals surface area contributed by atoms with Crippen LogP contribution in [0.3, 0.4) is 0 Å². The van der Waals surface area contributed by atoms with Gasteiger partial charge in [0.05, 0.1) is 13.5 Å². The van der Waals surface area contributed by atoms with Gasteiger partial charge in [-0.2, -0.15) is 0 Å². The molecular weight excluding hydrogens is 276 g/mol. The molecule has 1 fully saturated rings. The standard InChI is InChI=1S/C14H24N2O5/c1-21-12(18)7-10(13(19)20)16-11(17)8-14(9-15)5-3-2-4-6-14/h10H,2-9,15H2,1H3,(H,16,17)(H,19,20)/t10-/m0/s1. The molecule has 7 heteroatoms. The highest BCUT2D eigenvalue weighted by atomic mass is 16.5. The van der Waals surface area contributed by atoms with Crippen LogP contribution in [0.1, 0.15) is 44.9 Å². The van der Waals surface area contributed by atoms with Crippen LogP contribution >= 0.6 is 0 Å². The summed E-state index contributed by atoms with van der Waals surface area (Å²) >= 11 is 0. The zero-order valence-corrected chi connectivity index (χ0v) is 12.4. The van der Waals surface area contributed by atoms with Crippen molar-refractivity contribution in [2.24, 2.45) is 11.1 Å². The predicted molar refractivity (Wildman–Crippen MR) is 75.4 cm³/mol. The number of nitrogens with one attached hydrogen (secondary N) is 1. The molecule has 0 aromatic carbocycles. The van der Waals surface area contributed by atoms with Crippen molar-refractivity contribution < 1.29 is 24.2 Å². The zero-order valence-electron chi connectivity index (χ0n) is 12.4. The fourth-order valence-corrected chi connectivity index (χ4v) is 2.79. The van der Waals surface area contributed by atoms with Gasteiger partial charge in [-0.25, -0.2) is 4.79 Å². The Morgan fingerprint density at radius 1 is 1.29 bits per heavy atom. The Kier molecular flexibility index (Phi) is 6.61. The first kappa shape index (κ1) is 17.4. The fraction of sp³-hybridized carbons (Fsp3) is 0.786. The second-order valence-corrected chi connectivity index (χ2v) is 5.68. The van der Waals surface area contributed by atoms with E-state index in [1.807, 2.05) is 0 Å². The highest BCUT2D eigenvalue weighted by molar-refractivity contribution is 5.87. The van der Waals surface area contributed by atoms with E-state index < -0.39 is 18.0 Å². The molecule has 7 nitrogen and oxygen atoms in total. The quantitative estimate of drug-likeness (QED) is 0.586. The third kappa shape index (κ3) is 5.34. The number of ether oxygens (including phenoxy) is 1. The molecule has 4 N–H and O–H groups in total. The van der Waals surface area contributed by atoms with Crippen molar-refractivity contribution in [1.82, 2.24) is 5.32 Å². The largest absolute Gasteiger partial charge is 0.480 e. The summed E-state index contributed by atoms with van der Waals surface area (Å²) in [6, 6.07) is -1.26. The summed E-state index contributed by atoms with van der Waals surface area (Å²) in [6.07, 6.45) is 4.80. The molecule has 1 aliphatic carbocycles. The van der Waals surface area contributed by atoms with Gasteiger partial charge in [0.1, 0.15) is 6.04 Å². The molecule has 0 aromatic rings. The normalized spacial score (nSPS) is 18.6. The lowest BCUT2D eigenvalue weighted by molar-refractivity contribution is -0.149. The number of hydrogen-bond donors (Lipinski definition) is 3.